The van der Waals surface area contributed by atoms with E-state index >= 15 is 0 Å². The van der Waals surface area contributed by atoms with Crippen LogP contribution in [0.3, 0.4) is 0 Å². The van der Waals surface area contributed by atoms with Crippen molar-refractivity contribution in [2.24, 2.45) is 0 Å². The van der Waals surface area contributed by atoms with Gasteiger partial charge < -0.3 is 0 Å². The molecule has 0 atom stereocenters. The van der Waals surface area contributed by atoms with Crippen molar-refractivity contribution in [3.05, 3.63) is 122 Å². The van der Waals surface area contributed by atoms with E-state index in [2.05, 4.69) is 45.9 Å². The van der Waals surface area contributed by atoms with E-state index < -0.39 is 0 Å². The van der Waals surface area contributed by atoms with Crippen LogP contribution in [0.5, 0.6) is 0 Å². The Kier molecular flexibility index (Phi) is 5.00. The number of hydrogen-bond acceptors (Lipinski definition) is 5. The summed E-state index contributed by atoms with van der Waals surface area (Å²) < 4.78 is 2.10. The second kappa shape index (κ2) is 8.77. The Bertz CT molecular complexity index is 1750. The average Bonchev–Trinajstić information content (AvgIpc) is 3.32. The largest absolute Gasteiger partial charge is 0.278 e. The van der Waals surface area contributed by atoms with Gasteiger partial charge in [-0.3, -0.25) is 9.55 Å². The Hall–Kier alpha value is -5.23. The number of aromatic nitrogens is 6. The van der Waals surface area contributed by atoms with E-state index in [9.17, 15) is 0 Å². The molecule has 0 bridgehead atoms. The summed E-state index contributed by atoms with van der Waals surface area (Å²) in [7, 11) is 0. The van der Waals surface area contributed by atoms with Crippen LogP contribution in [-0.2, 0) is 0 Å². The summed E-state index contributed by atoms with van der Waals surface area (Å²) in [4.78, 5) is 23.7. The monoisotopic (exact) mass is 476 g/mol. The standard InChI is InChI=1S/C31H20N6/c1-2-10-21(11-3-1)30-35-26(18-27(36-30)25-14-8-9-17-32-25)22-19-33-31(34-20-22)37-28-15-6-4-12-23(28)24-13-5-7-16-29(24)37/h1-20H. The minimum atomic E-state index is 0.614. The minimum Gasteiger partial charge on any atom is -0.278 e. The van der Waals surface area contributed by atoms with E-state index in [4.69, 9.17) is 19.9 Å². The molecule has 0 radical (unpaired) electrons. The maximum Gasteiger partial charge on any atom is 0.234 e. The van der Waals surface area contributed by atoms with E-state index in [0.29, 0.717) is 11.8 Å². The molecular weight excluding hydrogens is 456 g/mol. The molecule has 0 aliphatic rings. The lowest BCUT2D eigenvalue weighted by molar-refractivity contribution is 0.988. The van der Waals surface area contributed by atoms with Crippen molar-refractivity contribution in [1.29, 1.82) is 0 Å². The third kappa shape index (κ3) is 3.72. The lowest BCUT2D eigenvalue weighted by Gasteiger charge is -2.09. The minimum absolute atomic E-state index is 0.614. The highest BCUT2D eigenvalue weighted by atomic mass is 15.1. The fourth-order valence-electron chi connectivity index (χ4n) is 4.66. The Morgan fingerprint density at radius 1 is 0.486 bits per heavy atom. The average molecular weight is 477 g/mol. The van der Waals surface area contributed by atoms with E-state index in [0.717, 1.165) is 39.2 Å². The first-order valence-electron chi connectivity index (χ1n) is 12.0. The van der Waals surface area contributed by atoms with Gasteiger partial charge in [-0.25, -0.2) is 19.9 Å². The number of rotatable bonds is 4. The predicted octanol–water partition coefficient (Wildman–Crippen LogP) is 6.76. The van der Waals surface area contributed by atoms with Crippen LogP contribution in [-0.4, -0.2) is 29.5 Å². The molecule has 4 heterocycles. The Morgan fingerprint density at radius 2 is 1.11 bits per heavy atom. The van der Waals surface area contributed by atoms with Gasteiger partial charge in [-0.2, -0.15) is 0 Å². The molecule has 0 fully saturated rings. The van der Waals surface area contributed by atoms with Crippen molar-refractivity contribution < 1.29 is 0 Å². The highest BCUT2D eigenvalue weighted by molar-refractivity contribution is 6.08. The molecule has 0 spiro atoms. The second-order valence-electron chi connectivity index (χ2n) is 8.68. The molecule has 0 saturated carbocycles. The smallest absolute Gasteiger partial charge is 0.234 e. The van der Waals surface area contributed by atoms with Crippen molar-refractivity contribution >= 4 is 21.8 Å². The molecule has 7 rings (SSSR count). The second-order valence-corrected chi connectivity index (χ2v) is 8.68. The summed E-state index contributed by atoms with van der Waals surface area (Å²) in [5, 5.41) is 2.35. The van der Waals surface area contributed by atoms with E-state index in [1.54, 1.807) is 6.20 Å². The number of pyridine rings is 1. The van der Waals surface area contributed by atoms with E-state index in [1.165, 1.54) is 10.8 Å². The SMILES string of the molecule is c1ccc(-c2nc(-c3cnc(-n4c5ccccc5c5ccccc54)nc3)cc(-c3ccccn3)n2)cc1. The molecule has 0 aliphatic heterocycles. The van der Waals surface area contributed by atoms with Gasteiger partial charge in [-0.05, 0) is 30.3 Å². The first-order valence-corrected chi connectivity index (χ1v) is 12.0. The van der Waals surface area contributed by atoms with Crippen molar-refractivity contribution in [2.45, 2.75) is 0 Å². The molecule has 37 heavy (non-hydrogen) atoms. The van der Waals surface area contributed by atoms with Gasteiger partial charge in [0.1, 0.15) is 0 Å². The molecule has 6 nitrogen and oxygen atoms in total. The zero-order chi connectivity index (χ0) is 24.6. The zero-order valence-corrected chi connectivity index (χ0v) is 19.7. The molecular formula is C31H20N6. The first-order chi connectivity index (χ1) is 18.3. The molecule has 0 N–H and O–H groups in total. The zero-order valence-electron chi connectivity index (χ0n) is 19.7. The van der Waals surface area contributed by atoms with Gasteiger partial charge in [0.15, 0.2) is 5.82 Å². The van der Waals surface area contributed by atoms with Crippen LogP contribution in [0.25, 0.3) is 61.8 Å². The Labute approximate surface area is 213 Å². The number of para-hydroxylation sites is 2. The maximum absolute atomic E-state index is 4.87. The Morgan fingerprint density at radius 3 is 1.78 bits per heavy atom. The van der Waals surface area contributed by atoms with Crippen LogP contribution in [0.2, 0.25) is 0 Å². The van der Waals surface area contributed by atoms with Gasteiger partial charge in [0.2, 0.25) is 5.95 Å². The molecule has 7 aromatic rings. The molecule has 0 unspecified atom stereocenters. The fourth-order valence-corrected chi connectivity index (χ4v) is 4.66. The van der Waals surface area contributed by atoms with Gasteiger partial charge in [0.25, 0.3) is 0 Å². The summed E-state index contributed by atoms with van der Waals surface area (Å²) in [6, 6.07) is 34.3. The van der Waals surface area contributed by atoms with Gasteiger partial charge in [-0.15, -0.1) is 0 Å². The van der Waals surface area contributed by atoms with Crippen LogP contribution >= 0.6 is 0 Å². The van der Waals surface area contributed by atoms with Crippen molar-refractivity contribution in [3.63, 3.8) is 0 Å². The van der Waals surface area contributed by atoms with Crippen molar-refractivity contribution in [1.82, 2.24) is 29.5 Å². The van der Waals surface area contributed by atoms with Gasteiger partial charge in [-0.1, -0.05) is 72.8 Å². The molecule has 0 saturated heterocycles. The lowest BCUT2D eigenvalue weighted by Crippen LogP contribution is -2.02. The molecule has 4 aromatic heterocycles. The summed E-state index contributed by atoms with van der Waals surface area (Å²) >= 11 is 0. The highest BCUT2D eigenvalue weighted by Gasteiger charge is 2.15. The van der Waals surface area contributed by atoms with Crippen LogP contribution in [0.1, 0.15) is 0 Å². The first kappa shape index (κ1) is 21.1. The number of hydrogen-bond donors (Lipinski definition) is 0. The van der Waals surface area contributed by atoms with Gasteiger partial charge >= 0.3 is 0 Å². The molecule has 0 aliphatic carbocycles. The van der Waals surface area contributed by atoms with Crippen molar-refractivity contribution in [3.8, 4) is 40.0 Å². The molecule has 3 aromatic carbocycles. The normalized spacial score (nSPS) is 11.2. The predicted molar refractivity (Wildman–Crippen MR) is 146 cm³/mol. The number of nitrogens with zero attached hydrogens (tertiary/aromatic N) is 6. The third-order valence-corrected chi connectivity index (χ3v) is 6.40. The third-order valence-electron chi connectivity index (χ3n) is 6.40. The van der Waals surface area contributed by atoms with Crippen LogP contribution in [0, 0.1) is 0 Å². The van der Waals surface area contributed by atoms with Crippen LogP contribution < -0.4 is 0 Å². The van der Waals surface area contributed by atoms with E-state index in [-0.39, 0.29) is 0 Å². The maximum atomic E-state index is 4.87. The lowest BCUT2D eigenvalue weighted by atomic mass is 10.1. The molecule has 6 heteroatoms. The van der Waals surface area contributed by atoms with E-state index in [1.807, 2.05) is 79.1 Å². The molecule has 174 valence electrons. The molecule has 0 amide bonds. The highest BCUT2D eigenvalue weighted by Crippen LogP contribution is 2.31. The van der Waals surface area contributed by atoms with Crippen LogP contribution in [0.4, 0.5) is 0 Å². The summed E-state index contributed by atoms with van der Waals surface area (Å²) in [6.07, 6.45) is 5.42. The number of fused-ring (bicyclic) bond motifs is 3. The fraction of sp³-hybridized carbons (Fsp3) is 0. The number of benzene rings is 3. The van der Waals surface area contributed by atoms with Gasteiger partial charge in [0.05, 0.1) is 28.1 Å². The Balaban J connectivity index is 1.37. The summed E-state index contributed by atoms with van der Waals surface area (Å²) in [5.41, 5.74) is 6.15. The van der Waals surface area contributed by atoms with Crippen LogP contribution in [0.15, 0.2) is 122 Å². The van der Waals surface area contributed by atoms with Crippen molar-refractivity contribution in [2.75, 3.05) is 0 Å². The topological polar surface area (TPSA) is 69.4 Å². The van der Waals surface area contributed by atoms with Gasteiger partial charge in [0, 0.05) is 40.5 Å². The summed E-state index contributed by atoms with van der Waals surface area (Å²) in [5.74, 6) is 1.24. The quantitative estimate of drug-likeness (QED) is 0.281. The summed E-state index contributed by atoms with van der Waals surface area (Å²) in [6.45, 7) is 0.